The van der Waals surface area contributed by atoms with E-state index >= 15 is 0 Å². The van der Waals surface area contributed by atoms with Gasteiger partial charge in [-0.05, 0) is 66.9 Å². The smallest absolute Gasteiger partial charge is 0.220 e. The van der Waals surface area contributed by atoms with Gasteiger partial charge in [0.1, 0.15) is 0 Å². The number of hydrogen-bond donors (Lipinski definition) is 5. The van der Waals surface area contributed by atoms with Crippen molar-refractivity contribution in [2.24, 2.45) is 11.8 Å². The number of halogens is 1. The van der Waals surface area contributed by atoms with Gasteiger partial charge < -0.3 is 25.7 Å². The van der Waals surface area contributed by atoms with Crippen LogP contribution in [0.1, 0.15) is 48.3 Å². The normalized spacial score (nSPS) is 24.6. The number of nitrogens with one attached hydrogen (secondary N) is 1. The van der Waals surface area contributed by atoms with E-state index in [9.17, 15) is 20.1 Å². The highest BCUT2D eigenvalue weighted by Crippen LogP contribution is 2.36. The van der Waals surface area contributed by atoms with E-state index in [2.05, 4.69) is 34.2 Å². The van der Waals surface area contributed by atoms with Gasteiger partial charge in [-0.2, -0.15) is 0 Å². The molecule has 5 unspecified atom stereocenters. The van der Waals surface area contributed by atoms with Gasteiger partial charge in [-0.15, -0.1) is 11.3 Å². The molecule has 0 aromatic carbocycles. The largest absolute Gasteiger partial charge is 0.395 e. The summed E-state index contributed by atoms with van der Waals surface area (Å²) < 4.78 is 1.10. The first kappa shape index (κ1) is 27.2. The van der Waals surface area contributed by atoms with Crippen LogP contribution in [0, 0.1) is 18.8 Å². The molecule has 1 aromatic heterocycles. The summed E-state index contributed by atoms with van der Waals surface area (Å²) in [4.78, 5) is 14.0. The van der Waals surface area contributed by atoms with Crippen molar-refractivity contribution in [2.75, 3.05) is 13.2 Å². The molecule has 0 radical (unpaired) electrons. The maximum atomic E-state index is 11.5. The van der Waals surface area contributed by atoms with E-state index in [1.807, 2.05) is 18.2 Å². The average Bonchev–Trinajstić information content (AvgIpc) is 3.22. The molecule has 0 aliphatic heterocycles. The van der Waals surface area contributed by atoms with Crippen molar-refractivity contribution >= 4 is 33.2 Å². The van der Waals surface area contributed by atoms with Crippen LogP contribution in [0.2, 0.25) is 0 Å². The molecular weight excluding hydrogens is 494 g/mol. The quantitative estimate of drug-likeness (QED) is 0.199. The number of allylic oxidation sites excluding steroid dienone is 2. The molecule has 180 valence electrons. The van der Waals surface area contributed by atoms with Crippen LogP contribution in [0.25, 0.3) is 0 Å². The zero-order chi connectivity index (χ0) is 23.5. The zero-order valence-corrected chi connectivity index (χ0v) is 21.0. The number of aliphatic hydroxyl groups excluding tert-OH is 4. The summed E-state index contributed by atoms with van der Waals surface area (Å²) >= 11 is 5.24. The number of unbranched alkanes of at least 4 members (excludes halogenated alkanes) is 1. The Hall–Kier alpha value is -1.03. The average molecular weight is 531 g/mol. The molecule has 0 bridgehead atoms. The molecule has 2 rings (SSSR count). The van der Waals surface area contributed by atoms with E-state index in [-0.39, 0.29) is 30.9 Å². The van der Waals surface area contributed by atoms with Gasteiger partial charge in [0.25, 0.3) is 0 Å². The first-order chi connectivity index (χ1) is 15.3. The molecule has 1 aliphatic carbocycles. The molecule has 1 fully saturated rings. The highest BCUT2D eigenvalue weighted by molar-refractivity contribution is 9.10. The third-order valence-electron chi connectivity index (χ3n) is 5.85. The van der Waals surface area contributed by atoms with Crippen LogP contribution < -0.4 is 5.32 Å². The van der Waals surface area contributed by atoms with Crippen LogP contribution in [0.3, 0.4) is 0 Å². The van der Waals surface area contributed by atoms with E-state index in [0.29, 0.717) is 25.7 Å². The second-order valence-corrected chi connectivity index (χ2v) is 10.6. The lowest BCUT2D eigenvalue weighted by atomic mass is 9.89. The van der Waals surface area contributed by atoms with Gasteiger partial charge in [0.15, 0.2) is 0 Å². The Bertz CT molecular complexity index is 746. The third kappa shape index (κ3) is 9.08. The van der Waals surface area contributed by atoms with Crippen LogP contribution in [0.5, 0.6) is 0 Å². The van der Waals surface area contributed by atoms with Gasteiger partial charge >= 0.3 is 0 Å². The summed E-state index contributed by atoms with van der Waals surface area (Å²) in [7, 11) is 0. The molecule has 1 aliphatic rings. The minimum Gasteiger partial charge on any atom is -0.395 e. The SMILES string of the molecule is Cc1sc(CCC(O)/C=C/C2C(O)CC(O)C2C/C=C/CCCC(=O)NCCO)cc1Br. The highest BCUT2D eigenvalue weighted by Gasteiger charge is 2.39. The summed E-state index contributed by atoms with van der Waals surface area (Å²) in [6, 6.07) is 2.09. The summed E-state index contributed by atoms with van der Waals surface area (Å²) in [5.41, 5.74) is 0. The number of carbonyl (C=O) groups is 1. The van der Waals surface area contributed by atoms with Gasteiger partial charge in [0.2, 0.25) is 5.91 Å². The van der Waals surface area contributed by atoms with E-state index in [0.717, 1.165) is 23.7 Å². The molecule has 1 saturated carbocycles. The molecule has 6 nitrogen and oxygen atoms in total. The molecule has 1 amide bonds. The van der Waals surface area contributed by atoms with Gasteiger partial charge in [0.05, 0.1) is 24.9 Å². The molecule has 1 heterocycles. The monoisotopic (exact) mass is 529 g/mol. The number of thiophene rings is 1. The van der Waals surface area contributed by atoms with E-state index < -0.39 is 18.3 Å². The maximum Gasteiger partial charge on any atom is 0.220 e. The Morgan fingerprint density at radius 2 is 2.12 bits per heavy atom. The van der Waals surface area contributed by atoms with E-state index in [1.165, 1.54) is 9.75 Å². The first-order valence-electron chi connectivity index (χ1n) is 11.3. The lowest BCUT2D eigenvalue weighted by molar-refractivity contribution is -0.121. The molecule has 32 heavy (non-hydrogen) atoms. The number of carbonyl (C=O) groups excluding carboxylic acids is 1. The van der Waals surface area contributed by atoms with Crippen LogP contribution in [-0.4, -0.2) is 57.8 Å². The molecule has 0 spiro atoms. The Kier molecular flexibility index (Phi) is 12.1. The molecule has 1 aromatic rings. The van der Waals surface area contributed by atoms with Crippen molar-refractivity contribution < 1.29 is 25.2 Å². The molecule has 5 atom stereocenters. The van der Waals surface area contributed by atoms with Crippen molar-refractivity contribution in [3.63, 3.8) is 0 Å². The molecule has 0 saturated heterocycles. The van der Waals surface area contributed by atoms with Crippen molar-refractivity contribution in [3.05, 3.63) is 44.6 Å². The Labute approximate surface area is 203 Å². The third-order valence-corrected chi connectivity index (χ3v) is 8.05. The fourth-order valence-corrected chi connectivity index (χ4v) is 5.64. The minimum absolute atomic E-state index is 0.0554. The number of rotatable bonds is 13. The van der Waals surface area contributed by atoms with Crippen molar-refractivity contribution in [1.29, 1.82) is 0 Å². The topological polar surface area (TPSA) is 110 Å². The number of aryl methyl sites for hydroxylation is 2. The van der Waals surface area contributed by atoms with Gasteiger partial charge in [-0.3, -0.25) is 4.79 Å². The summed E-state index contributed by atoms with van der Waals surface area (Å²) in [6.07, 6.45) is 10.2. The number of hydrogen-bond acceptors (Lipinski definition) is 6. The highest BCUT2D eigenvalue weighted by atomic mass is 79.9. The van der Waals surface area contributed by atoms with Gasteiger partial charge in [-0.25, -0.2) is 0 Å². The Morgan fingerprint density at radius 1 is 1.34 bits per heavy atom. The fraction of sp³-hybridized carbons (Fsp3) is 0.625. The maximum absolute atomic E-state index is 11.5. The van der Waals surface area contributed by atoms with Gasteiger partial charge in [-0.1, -0.05) is 24.3 Å². The van der Waals surface area contributed by atoms with E-state index in [4.69, 9.17) is 5.11 Å². The number of amides is 1. The molecule has 5 N–H and O–H groups in total. The van der Waals surface area contributed by atoms with Crippen LogP contribution in [-0.2, 0) is 11.2 Å². The standard InChI is InChI=1S/C24H36BrNO5S/c1-16-21(25)14-18(32-16)10-8-17(28)9-11-20-19(22(29)15-23(20)30)6-4-2-3-5-7-24(31)26-12-13-27/h2,4,9,11,14,17,19-20,22-23,27-30H,3,5-8,10,12-13,15H2,1H3,(H,26,31)/b4-2+,11-9+. The number of aliphatic hydroxyl groups is 4. The van der Waals surface area contributed by atoms with Crippen LogP contribution in [0.4, 0.5) is 0 Å². The minimum atomic E-state index is -0.613. The van der Waals surface area contributed by atoms with Crippen LogP contribution >= 0.6 is 27.3 Å². The molecular formula is C24H36BrNO5S. The van der Waals surface area contributed by atoms with Gasteiger partial charge in [0, 0.05) is 39.5 Å². The van der Waals surface area contributed by atoms with Crippen molar-refractivity contribution in [1.82, 2.24) is 5.32 Å². The van der Waals surface area contributed by atoms with E-state index in [1.54, 1.807) is 17.4 Å². The van der Waals surface area contributed by atoms with Crippen molar-refractivity contribution in [3.8, 4) is 0 Å². The Balaban J connectivity index is 1.77. The Morgan fingerprint density at radius 3 is 2.81 bits per heavy atom. The predicted octanol–water partition coefficient (Wildman–Crippen LogP) is 3.25. The molecule has 8 heteroatoms. The van der Waals surface area contributed by atoms with Crippen molar-refractivity contribution in [2.45, 2.75) is 70.2 Å². The summed E-state index contributed by atoms with van der Waals surface area (Å²) in [6.45, 7) is 2.29. The predicted molar refractivity (Wildman–Crippen MR) is 132 cm³/mol. The zero-order valence-electron chi connectivity index (χ0n) is 18.6. The first-order valence-corrected chi connectivity index (χ1v) is 12.9. The van der Waals surface area contributed by atoms with Crippen LogP contribution in [0.15, 0.2) is 34.8 Å². The second kappa shape index (κ2) is 14.3. The lowest BCUT2D eigenvalue weighted by Gasteiger charge is -2.19. The second-order valence-electron chi connectivity index (χ2n) is 8.39. The summed E-state index contributed by atoms with van der Waals surface area (Å²) in [5, 5.41) is 42.4. The fourth-order valence-electron chi connectivity index (χ4n) is 4.03. The summed E-state index contributed by atoms with van der Waals surface area (Å²) in [5.74, 6) is -0.340. The lowest BCUT2D eigenvalue weighted by Crippen LogP contribution is -2.25.